The molecule has 1 atom stereocenters. The molecule has 1 heterocycles. The molecule has 0 spiro atoms. The van der Waals surface area contributed by atoms with Gasteiger partial charge in [-0.15, -0.1) is 0 Å². The summed E-state index contributed by atoms with van der Waals surface area (Å²) in [6.45, 7) is 4.06. The molecule has 0 aliphatic carbocycles. The number of nitrogens with one attached hydrogen (secondary N) is 1. The third kappa shape index (κ3) is 4.23. The largest absolute Gasteiger partial charge is 0.481 e. The van der Waals surface area contributed by atoms with Crippen LogP contribution in [0.5, 0.6) is 5.75 Å². The lowest BCUT2D eigenvalue weighted by Crippen LogP contribution is -2.47. The Hall–Kier alpha value is -1.55. The maximum absolute atomic E-state index is 12.3. The number of carbonyl (C=O) groups excluding carboxylic acids is 1. The first-order valence-electron chi connectivity index (χ1n) is 7.39. The molecule has 0 bridgehead atoms. The molecule has 0 aromatic heterocycles. The van der Waals surface area contributed by atoms with Gasteiger partial charge in [-0.2, -0.15) is 0 Å². The van der Waals surface area contributed by atoms with E-state index in [1.54, 1.807) is 0 Å². The van der Waals surface area contributed by atoms with E-state index in [0.29, 0.717) is 6.42 Å². The van der Waals surface area contributed by atoms with Crippen LogP contribution >= 0.6 is 0 Å². The van der Waals surface area contributed by atoms with E-state index in [0.717, 1.165) is 31.7 Å². The average Bonchev–Trinajstić information content (AvgIpc) is 2.48. The number of hydrogen-bond donors (Lipinski definition) is 1. The Morgan fingerprint density at radius 3 is 2.60 bits per heavy atom. The van der Waals surface area contributed by atoms with Crippen molar-refractivity contribution in [1.29, 1.82) is 0 Å². The van der Waals surface area contributed by atoms with Crippen LogP contribution in [0.3, 0.4) is 0 Å². The van der Waals surface area contributed by atoms with E-state index in [9.17, 15) is 4.79 Å². The summed E-state index contributed by atoms with van der Waals surface area (Å²) in [6.07, 6.45) is 2.30. The van der Waals surface area contributed by atoms with Gasteiger partial charge < -0.3 is 15.0 Å². The predicted octanol–water partition coefficient (Wildman–Crippen LogP) is 2.05. The zero-order chi connectivity index (χ0) is 14.4. The van der Waals surface area contributed by atoms with Crippen molar-refractivity contribution in [1.82, 2.24) is 10.2 Å². The highest BCUT2D eigenvalue weighted by Crippen LogP contribution is 2.14. The minimum Gasteiger partial charge on any atom is -0.481 e. The second-order valence-corrected chi connectivity index (χ2v) is 5.41. The molecule has 0 radical (unpaired) electrons. The highest BCUT2D eigenvalue weighted by molar-refractivity contribution is 5.81. The number of nitrogens with zero attached hydrogens (tertiary/aromatic N) is 1. The van der Waals surface area contributed by atoms with Crippen molar-refractivity contribution in [3.05, 3.63) is 30.3 Å². The van der Waals surface area contributed by atoms with E-state index in [1.807, 2.05) is 37.3 Å². The van der Waals surface area contributed by atoms with Gasteiger partial charge >= 0.3 is 0 Å². The third-order valence-electron chi connectivity index (χ3n) is 3.75. The summed E-state index contributed by atoms with van der Waals surface area (Å²) >= 11 is 0. The Morgan fingerprint density at radius 2 is 2.00 bits per heavy atom. The Labute approximate surface area is 121 Å². The number of ether oxygens (including phenoxy) is 1. The van der Waals surface area contributed by atoms with Gasteiger partial charge in [-0.1, -0.05) is 25.1 Å². The second kappa shape index (κ2) is 7.29. The van der Waals surface area contributed by atoms with Crippen LogP contribution < -0.4 is 10.1 Å². The molecule has 1 amide bonds. The topological polar surface area (TPSA) is 41.6 Å². The lowest BCUT2D eigenvalue weighted by molar-refractivity contribution is -0.129. The number of rotatable bonds is 5. The van der Waals surface area contributed by atoms with Gasteiger partial charge in [0.05, 0.1) is 0 Å². The molecular formula is C16H24N2O2. The minimum atomic E-state index is -0.406. The molecule has 2 rings (SSSR count). The SMILES string of the molecule is CC[C@H](Oc1ccccc1)C(=O)NC1CCN(C)CC1. The van der Waals surface area contributed by atoms with E-state index in [4.69, 9.17) is 4.74 Å². The van der Waals surface area contributed by atoms with Crippen molar-refractivity contribution in [2.75, 3.05) is 20.1 Å². The van der Waals surface area contributed by atoms with Gasteiger partial charge in [-0.3, -0.25) is 4.79 Å². The van der Waals surface area contributed by atoms with Crippen molar-refractivity contribution in [2.24, 2.45) is 0 Å². The molecule has 0 saturated carbocycles. The molecule has 110 valence electrons. The van der Waals surface area contributed by atoms with Crippen LogP contribution in [0.15, 0.2) is 30.3 Å². The normalized spacial score (nSPS) is 18.5. The van der Waals surface area contributed by atoms with Crippen LogP contribution in [-0.2, 0) is 4.79 Å². The van der Waals surface area contributed by atoms with Gasteiger partial charge in [-0.25, -0.2) is 0 Å². The second-order valence-electron chi connectivity index (χ2n) is 5.41. The van der Waals surface area contributed by atoms with Gasteiger partial charge in [0.25, 0.3) is 5.91 Å². The van der Waals surface area contributed by atoms with Crippen molar-refractivity contribution in [2.45, 2.75) is 38.3 Å². The highest BCUT2D eigenvalue weighted by atomic mass is 16.5. The minimum absolute atomic E-state index is 0.00547. The van der Waals surface area contributed by atoms with E-state index in [-0.39, 0.29) is 11.9 Å². The fourth-order valence-corrected chi connectivity index (χ4v) is 2.43. The summed E-state index contributed by atoms with van der Waals surface area (Å²) in [7, 11) is 2.12. The predicted molar refractivity (Wildman–Crippen MR) is 79.8 cm³/mol. The fraction of sp³-hybridized carbons (Fsp3) is 0.562. The number of benzene rings is 1. The van der Waals surface area contributed by atoms with Gasteiger partial charge in [-0.05, 0) is 51.5 Å². The zero-order valence-corrected chi connectivity index (χ0v) is 12.3. The molecule has 1 aromatic carbocycles. The van der Waals surface area contributed by atoms with E-state index >= 15 is 0 Å². The number of piperidine rings is 1. The lowest BCUT2D eigenvalue weighted by Gasteiger charge is -2.30. The molecule has 0 unspecified atom stereocenters. The molecule has 1 fully saturated rings. The first-order valence-corrected chi connectivity index (χ1v) is 7.39. The smallest absolute Gasteiger partial charge is 0.261 e. The highest BCUT2D eigenvalue weighted by Gasteiger charge is 2.23. The number of para-hydroxylation sites is 1. The van der Waals surface area contributed by atoms with Crippen LogP contribution in [0.4, 0.5) is 0 Å². The standard InChI is InChI=1S/C16H24N2O2/c1-3-15(20-14-7-5-4-6-8-14)16(19)17-13-9-11-18(2)12-10-13/h4-8,13,15H,3,9-12H2,1-2H3,(H,17,19)/t15-/m0/s1. The summed E-state index contributed by atoms with van der Waals surface area (Å²) in [5, 5.41) is 3.12. The maximum atomic E-state index is 12.3. The molecule has 20 heavy (non-hydrogen) atoms. The van der Waals surface area contributed by atoms with Gasteiger partial charge in [0.1, 0.15) is 5.75 Å². The van der Waals surface area contributed by atoms with Crippen molar-refractivity contribution >= 4 is 5.91 Å². The van der Waals surface area contributed by atoms with Crippen LogP contribution in [0, 0.1) is 0 Å². The summed E-state index contributed by atoms with van der Waals surface area (Å²) in [4.78, 5) is 14.6. The summed E-state index contributed by atoms with van der Waals surface area (Å²) in [5.74, 6) is 0.754. The van der Waals surface area contributed by atoms with Gasteiger partial charge in [0.2, 0.25) is 0 Å². The average molecular weight is 276 g/mol. The first kappa shape index (κ1) is 14.9. The molecule has 1 saturated heterocycles. The van der Waals surface area contributed by atoms with Crippen molar-refractivity contribution in [3.63, 3.8) is 0 Å². The molecule has 1 N–H and O–H groups in total. The molecular weight excluding hydrogens is 252 g/mol. The molecule has 1 aliphatic heterocycles. The van der Waals surface area contributed by atoms with Crippen LogP contribution in [0.1, 0.15) is 26.2 Å². The Morgan fingerprint density at radius 1 is 1.35 bits per heavy atom. The molecule has 1 aromatic rings. The molecule has 4 nitrogen and oxygen atoms in total. The zero-order valence-electron chi connectivity index (χ0n) is 12.3. The van der Waals surface area contributed by atoms with Crippen molar-refractivity contribution in [3.8, 4) is 5.75 Å². The maximum Gasteiger partial charge on any atom is 0.261 e. The monoisotopic (exact) mass is 276 g/mol. The number of hydrogen-bond acceptors (Lipinski definition) is 3. The van der Waals surface area contributed by atoms with E-state index in [1.165, 1.54) is 0 Å². The first-order chi connectivity index (χ1) is 9.69. The number of carbonyl (C=O) groups is 1. The summed E-state index contributed by atoms with van der Waals surface area (Å²) < 4.78 is 5.77. The molecule has 1 aliphatic rings. The summed E-state index contributed by atoms with van der Waals surface area (Å²) in [5.41, 5.74) is 0. The summed E-state index contributed by atoms with van der Waals surface area (Å²) in [6, 6.07) is 9.81. The lowest BCUT2D eigenvalue weighted by atomic mass is 10.1. The fourth-order valence-electron chi connectivity index (χ4n) is 2.43. The van der Waals surface area contributed by atoms with Gasteiger partial charge in [0.15, 0.2) is 6.10 Å². The Bertz CT molecular complexity index is 414. The Kier molecular flexibility index (Phi) is 5.41. The van der Waals surface area contributed by atoms with Crippen molar-refractivity contribution < 1.29 is 9.53 Å². The van der Waals surface area contributed by atoms with E-state index < -0.39 is 6.10 Å². The number of likely N-dealkylation sites (tertiary alicyclic amines) is 1. The van der Waals surface area contributed by atoms with Gasteiger partial charge in [0, 0.05) is 6.04 Å². The Balaban J connectivity index is 1.86. The quantitative estimate of drug-likeness (QED) is 0.895. The molecule has 4 heteroatoms. The van der Waals surface area contributed by atoms with Crippen LogP contribution in [0.25, 0.3) is 0 Å². The van der Waals surface area contributed by atoms with Crippen LogP contribution in [-0.4, -0.2) is 43.1 Å². The van der Waals surface area contributed by atoms with Crippen LogP contribution in [0.2, 0.25) is 0 Å². The third-order valence-corrected chi connectivity index (χ3v) is 3.75. The van der Waals surface area contributed by atoms with E-state index in [2.05, 4.69) is 17.3 Å². The number of amides is 1.